The summed E-state index contributed by atoms with van der Waals surface area (Å²) in [7, 11) is 0. The van der Waals surface area contributed by atoms with Gasteiger partial charge in [0.15, 0.2) is 17.0 Å². The van der Waals surface area contributed by atoms with Crippen molar-refractivity contribution in [2.75, 3.05) is 5.32 Å². The molecule has 0 saturated heterocycles. The van der Waals surface area contributed by atoms with Gasteiger partial charge in [-0.2, -0.15) is 0 Å². The van der Waals surface area contributed by atoms with E-state index in [-0.39, 0.29) is 0 Å². The molecule has 0 aliphatic carbocycles. The van der Waals surface area contributed by atoms with Crippen LogP contribution in [0.3, 0.4) is 0 Å². The molecule has 118 valence electrons. The Morgan fingerprint density at radius 2 is 2.09 bits per heavy atom. The molecule has 4 rings (SSSR count). The predicted octanol–water partition coefficient (Wildman–Crippen LogP) is 4.26. The molecule has 6 heteroatoms. The number of imidazole rings is 1. The highest BCUT2D eigenvalue weighted by Crippen LogP contribution is 2.29. The molecular formula is C17H18ClN5. The number of halogens is 1. The second-order valence-electron chi connectivity index (χ2n) is 5.99. The Balaban J connectivity index is 1.78. The molecule has 1 N–H and O–H groups in total. The summed E-state index contributed by atoms with van der Waals surface area (Å²) in [6.07, 6.45) is 6.20. The summed E-state index contributed by atoms with van der Waals surface area (Å²) in [6.45, 7) is 3.00. The van der Waals surface area contributed by atoms with E-state index in [1.54, 1.807) is 6.33 Å². The van der Waals surface area contributed by atoms with E-state index < -0.39 is 0 Å². The Morgan fingerprint density at radius 3 is 2.96 bits per heavy atom. The van der Waals surface area contributed by atoms with Gasteiger partial charge >= 0.3 is 0 Å². The van der Waals surface area contributed by atoms with Gasteiger partial charge in [0.1, 0.15) is 12.2 Å². The second-order valence-corrected chi connectivity index (χ2v) is 6.40. The predicted molar refractivity (Wildman–Crippen MR) is 92.3 cm³/mol. The first-order valence-electron chi connectivity index (χ1n) is 7.95. The number of anilines is 2. The molecule has 0 saturated carbocycles. The van der Waals surface area contributed by atoms with E-state index in [2.05, 4.69) is 19.9 Å². The Hall–Kier alpha value is -2.14. The van der Waals surface area contributed by atoms with Gasteiger partial charge in [0, 0.05) is 13.0 Å². The van der Waals surface area contributed by atoms with Crippen LogP contribution in [-0.4, -0.2) is 19.5 Å². The normalized spacial score (nSPS) is 14.5. The first kappa shape index (κ1) is 14.5. The fourth-order valence-electron chi connectivity index (χ4n) is 3.08. The van der Waals surface area contributed by atoms with Crippen LogP contribution in [0.4, 0.5) is 11.5 Å². The zero-order valence-corrected chi connectivity index (χ0v) is 13.8. The smallest absolute Gasteiger partial charge is 0.165 e. The van der Waals surface area contributed by atoms with Gasteiger partial charge in [0.05, 0.1) is 10.7 Å². The maximum Gasteiger partial charge on any atom is 0.165 e. The summed E-state index contributed by atoms with van der Waals surface area (Å²) < 4.78 is 2.23. The lowest BCUT2D eigenvalue weighted by Crippen LogP contribution is -2.02. The van der Waals surface area contributed by atoms with Crippen molar-refractivity contribution in [2.45, 2.75) is 39.2 Å². The molecule has 1 aliphatic rings. The van der Waals surface area contributed by atoms with E-state index in [9.17, 15) is 0 Å². The highest BCUT2D eigenvalue weighted by atomic mass is 35.5. The molecule has 0 unspecified atom stereocenters. The summed E-state index contributed by atoms with van der Waals surface area (Å²) in [6, 6.07) is 5.92. The van der Waals surface area contributed by atoms with Crippen molar-refractivity contribution in [3.8, 4) is 0 Å². The van der Waals surface area contributed by atoms with Gasteiger partial charge in [-0.05, 0) is 37.5 Å². The van der Waals surface area contributed by atoms with E-state index >= 15 is 0 Å². The average molecular weight is 328 g/mol. The van der Waals surface area contributed by atoms with E-state index in [4.69, 9.17) is 16.6 Å². The first-order chi connectivity index (χ1) is 11.2. The SMILES string of the molecule is Cc1ccc(Nc2ncnc3c2nc2n3CCCCC2)c(Cl)c1. The monoisotopic (exact) mass is 327 g/mol. The van der Waals surface area contributed by atoms with Crippen LogP contribution < -0.4 is 5.32 Å². The summed E-state index contributed by atoms with van der Waals surface area (Å²) in [5.74, 6) is 1.82. The third-order valence-corrected chi connectivity index (χ3v) is 4.58. The van der Waals surface area contributed by atoms with Crippen LogP contribution in [0.15, 0.2) is 24.5 Å². The zero-order valence-electron chi connectivity index (χ0n) is 13.0. The van der Waals surface area contributed by atoms with Gasteiger partial charge in [-0.15, -0.1) is 0 Å². The Morgan fingerprint density at radius 1 is 1.17 bits per heavy atom. The number of nitrogens with zero attached hydrogens (tertiary/aromatic N) is 4. The first-order valence-corrected chi connectivity index (χ1v) is 8.33. The van der Waals surface area contributed by atoms with E-state index in [0.29, 0.717) is 10.8 Å². The molecule has 1 aliphatic heterocycles. The third kappa shape index (κ3) is 2.65. The summed E-state index contributed by atoms with van der Waals surface area (Å²) in [5, 5.41) is 3.99. The number of aromatic nitrogens is 4. The Labute approximate surface area is 139 Å². The number of fused-ring (bicyclic) bond motifs is 3. The van der Waals surface area contributed by atoms with Crippen molar-refractivity contribution in [3.05, 3.63) is 40.9 Å². The van der Waals surface area contributed by atoms with E-state index in [0.717, 1.165) is 41.2 Å². The van der Waals surface area contributed by atoms with Gasteiger partial charge < -0.3 is 9.88 Å². The van der Waals surface area contributed by atoms with Crippen molar-refractivity contribution in [2.24, 2.45) is 0 Å². The maximum absolute atomic E-state index is 6.32. The zero-order chi connectivity index (χ0) is 15.8. The number of rotatable bonds is 2. The molecule has 0 atom stereocenters. The fourth-order valence-corrected chi connectivity index (χ4v) is 3.36. The largest absolute Gasteiger partial charge is 0.337 e. The standard InChI is InChI=1S/C17H18ClN5/c1-11-6-7-13(12(18)9-11)21-16-15-17(20-10-19-16)23-8-4-2-3-5-14(23)22-15/h6-7,9-10H,2-5,8H2,1H3,(H,19,20,21). The van der Waals surface area contributed by atoms with Gasteiger partial charge in [0.2, 0.25) is 0 Å². The van der Waals surface area contributed by atoms with Crippen LogP contribution in [-0.2, 0) is 13.0 Å². The highest BCUT2D eigenvalue weighted by molar-refractivity contribution is 6.33. The molecule has 0 radical (unpaired) electrons. The van der Waals surface area contributed by atoms with Crippen LogP contribution in [0.1, 0.15) is 30.7 Å². The van der Waals surface area contributed by atoms with Crippen molar-refractivity contribution >= 4 is 34.3 Å². The molecule has 23 heavy (non-hydrogen) atoms. The lowest BCUT2D eigenvalue weighted by Gasteiger charge is -2.09. The number of nitrogens with one attached hydrogen (secondary N) is 1. The summed E-state index contributed by atoms with van der Waals surface area (Å²) >= 11 is 6.32. The molecule has 0 fully saturated rings. The molecule has 1 aromatic carbocycles. The molecule has 0 bridgehead atoms. The lowest BCUT2D eigenvalue weighted by molar-refractivity contribution is 0.643. The lowest BCUT2D eigenvalue weighted by atomic mass is 10.2. The van der Waals surface area contributed by atoms with Crippen molar-refractivity contribution in [1.82, 2.24) is 19.5 Å². The summed E-state index contributed by atoms with van der Waals surface area (Å²) in [5.41, 5.74) is 3.69. The van der Waals surface area contributed by atoms with Gasteiger partial charge in [0.25, 0.3) is 0 Å². The number of hydrogen-bond acceptors (Lipinski definition) is 4. The second kappa shape index (κ2) is 5.81. The van der Waals surface area contributed by atoms with Gasteiger partial charge in [-0.3, -0.25) is 0 Å². The van der Waals surface area contributed by atoms with Crippen molar-refractivity contribution < 1.29 is 0 Å². The van der Waals surface area contributed by atoms with E-state index in [1.807, 2.05) is 25.1 Å². The van der Waals surface area contributed by atoms with Gasteiger partial charge in [-0.1, -0.05) is 24.1 Å². The van der Waals surface area contributed by atoms with Crippen molar-refractivity contribution in [3.63, 3.8) is 0 Å². The molecule has 2 aromatic heterocycles. The highest BCUT2D eigenvalue weighted by Gasteiger charge is 2.17. The number of aryl methyl sites for hydroxylation is 3. The minimum absolute atomic E-state index is 0.678. The third-order valence-electron chi connectivity index (χ3n) is 4.27. The summed E-state index contributed by atoms with van der Waals surface area (Å²) in [4.78, 5) is 13.6. The number of benzene rings is 1. The molecule has 0 amide bonds. The molecule has 5 nitrogen and oxygen atoms in total. The Bertz CT molecular complexity index is 871. The minimum Gasteiger partial charge on any atom is -0.337 e. The van der Waals surface area contributed by atoms with Crippen LogP contribution in [0.25, 0.3) is 11.2 Å². The van der Waals surface area contributed by atoms with Crippen LogP contribution in [0.5, 0.6) is 0 Å². The minimum atomic E-state index is 0.678. The molecule has 3 heterocycles. The quantitative estimate of drug-likeness (QED) is 0.764. The average Bonchev–Trinajstić information content (AvgIpc) is 2.73. The van der Waals surface area contributed by atoms with Crippen LogP contribution >= 0.6 is 11.6 Å². The molecule has 0 spiro atoms. The van der Waals surface area contributed by atoms with Crippen LogP contribution in [0.2, 0.25) is 5.02 Å². The fraction of sp³-hybridized carbons (Fsp3) is 0.353. The van der Waals surface area contributed by atoms with Gasteiger partial charge in [-0.25, -0.2) is 15.0 Å². The Kier molecular flexibility index (Phi) is 3.65. The topological polar surface area (TPSA) is 55.6 Å². The van der Waals surface area contributed by atoms with Crippen molar-refractivity contribution in [1.29, 1.82) is 0 Å². The molecular weight excluding hydrogens is 310 g/mol. The van der Waals surface area contributed by atoms with E-state index in [1.165, 1.54) is 19.3 Å². The maximum atomic E-state index is 6.32. The molecule has 3 aromatic rings. The number of hydrogen-bond donors (Lipinski definition) is 1. The van der Waals surface area contributed by atoms with Crippen LogP contribution in [0, 0.1) is 6.92 Å².